The second kappa shape index (κ2) is 3.01. The van der Waals surface area contributed by atoms with Crippen LogP contribution in [0, 0.1) is 6.92 Å². The molecule has 0 bridgehead atoms. The summed E-state index contributed by atoms with van der Waals surface area (Å²) in [7, 11) is 0. The number of aromatic nitrogens is 1. The number of fused-ring (bicyclic) bond motifs is 1. The Morgan fingerprint density at radius 3 is 3.42 bits per heavy atom. The molecule has 0 radical (unpaired) electrons. The van der Waals surface area contributed by atoms with Crippen molar-refractivity contribution in [3.63, 3.8) is 0 Å². The number of pyridine rings is 1. The minimum Gasteiger partial charge on any atom is -0.490 e. The van der Waals surface area contributed by atoms with Crippen molar-refractivity contribution in [2.45, 2.75) is 13.3 Å². The first-order chi connectivity index (χ1) is 5.86. The van der Waals surface area contributed by atoms with Gasteiger partial charge in [-0.1, -0.05) is 0 Å². The van der Waals surface area contributed by atoms with E-state index in [9.17, 15) is 0 Å². The van der Waals surface area contributed by atoms with Crippen LogP contribution in [-0.4, -0.2) is 18.1 Å². The van der Waals surface area contributed by atoms with Crippen molar-refractivity contribution in [3.8, 4) is 5.75 Å². The number of nitrogens with one attached hydrogen (secondary N) is 1. The van der Waals surface area contributed by atoms with Crippen LogP contribution < -0.4 is 10.1 Å². The summed E-state index contributed by atoms with van der Waals surface area (Å²) in [6.45, 7) is 3.75. The summed E-state index contributed by atoms with van der Waals surface area (Å²) >= 11 is 0. The van der Waals surface area contributed by atoms with E-state index in [1.54, 1.807) is 0 Å². The third-order valence-electron chi connectivity index (χ3n) is 1.86. The molecule has 0 atom stereocenters. The Hall–Kier alpha value is -1.25. The SMILES string of the molecule is Cc1cnc2c(c1)OCCCN2. The quantitative estimate of drug-likeness (QED) is 0.632. The number of hydrogen-bond donors (Lipinski definition) is 1. The van der Waals surface area contributed by atoms with Crippen molar-refractivity contribution in [3.05, 3.63) is 17.8 Å². The van der Waals surface area contributed by atoms with E-state index in [0.717, 1.165) is 36.7 Å². The van der Waals surface area contributed by atoms with Gasteiger partial charge in [0.05, 0.1) is 6.61 Å². The van der Waals surface area contributed by atoms with Gasteiger partial charge in [-0.15, -0.1) is 0 Å². The molecule has 1 aromatic rings. The number of nitrogens with zero attached hydrogens (tertiary/aromatic N) is 1. The van der Waals surface area contributed by atoms with Crippen LogP contribution in [0.1, 0.15) is 12.0 Å². The molecule has 0 aromatic carbocycles. The summed E-state index contributed by atoms with van der Waals surface area (Å²) in [6, 6.07) is 2.01. The first kappa shape index (κ1) is 7.40. The van der Waals surface area contributed by atoms with E-state index in [0.29, 0.717) is 0 Å². The third-order valence-corrected chi connectivity index (χ3v) is 1.86. The molecule has 1 aliphatic heterocycles. The number of anilines is 1. The zero-order valence-corrected chi connectivity index (χ0v) is 7.13. The minimum absolute atomic E-state index is 0.783. The maximum absolute atomic E-state index is 5.50. The molecule has 1 aromatic heterocycles. The molecule has 2 heterocycles. The van der Waals surface area contributed by atoms with Crippen molar-refractivity contribution < 1.29 is 4.74 Å². The van der Waals surface area contributed by atoms with E-state index >= 15 is 0 Å². The lowest BCUT2D eigenvalue weighted by Crippen LogP contribution is -2.01. The molecule has 1 aliphatic rings. The topological polar surface area (TPSA) is 34.1 Å². The molecule has 0 fully saturated rings. The van der Waals surface area contributed by atoms with Crippen molar-refractivity contribution in [2.75, 3.05) is 18.5 Å². The molecule has 0 amide bonds. The molecule has 2 rings (SSSR count). The molecule has 3 nitrogen and oxygen atoms in total. The maximum atomic E-state index is 5.50. The van der Waals surface area contributed by atoms with E-state index < -0.39 is 0 Å². The first-order valence-corrected chi connectivity index (χ1v) is 4.19. The summed E-state index contributed by atoms with van der Waals surface area (Å²) in [5.41, 5.74) is 1.14. The average molecular weight is 164 g/mol. The normalized spacial score (nSPS) is 15.4. The fourth-order valence-electron chi connectivity index (χ4n) is 1.25. The van der Waals surface area contributed by atoms with E-state index in [1.807, 2.05) is 19.2 Å². The molecule has 3 heteroatoms. The summed E-state index contributed by atoms with van der Waals surface area (Å²) < 4.78 is 5.50. The van der Waals surface area contributed by atoms with Crippen LogP contribution in [0.25, 0.3) is 0 Å². The van der Waals surface area contributed by atoms with Crippen LogP contribution in [0.3, 0.4) is 0 Å². The van der Waals surface area contributed by atoms with Gasteiger partial charge in [0.25, 0.3) is 0 Å². The van der Waals surface area contributed by atoms with Gasteiger partial charge in [0.2, 0.25) is 0 Å². The predicted octanol–water partition coefficient (Wildman–Crippen LogP) is 1.58. The van der Waals surface area contributed by atoms with Crippen LogP contribution in [0.15, 0.2) is 12.3 Å². The molecule has 0 spiro atoms. The predicted molar refractivity (Wildman–Crippen MR) is 47.6 cm³/mol. The van der Waals surface area contributed by atoms with Gasteiger partial charge in [0.1, 0.15) is 0 Å². The van der Waals surface area contributed by atoms with Crippen LogP contribution in [0.4, 0.5) is 5.82 Å². The van der Waals surface area contributed by atoms with E-state index in [1.165, 1.54) is 0 Å². The van der Waals surface area contributed by atoms with E-state index in [2.05, 4.69) is 10.3 Å². The third kappa shape index (κ3) is 1.35. The summed E-state index contributed by atoms with van der Waals surface area (Å²) in [5.74, 6) is 1.76. The van der Waals surface area contributed by atoms with Gasteiger partial charge < -0.3 is 10.1 Å². The molecule has 0 saturated heterocycles. The lowest BCUT2D eigenvalue weighted by molar-refractivity contribution is 0.322. The molecule has 64 valence electrons. The van der Waals surface area contributed by atoms with Crippen LogP contribution >= 0.6 is 0 Å². The highest BCUT2D eigenvalue weighted by atomic mass is 16.5. The van der Waals surface area contributed by atoms with Gasteiger partial charge in [-0.25, -0.2) is 4.98 Å². The van der Waals surface area contributed by atoms with E-state index in [4.69, 9.17) is 4.74 Å². The highest BCUT2D eigenvalue weighted by molar-refractivity contribution is 5.51. The Morgan fingerprint density at radius 2 is 2.50 bits per heavy atom. The molecular weight excluding hydrogens is 152 g/mol. The highest BCUT2D eigenvalue weighted by Gasteiger charge is 2.08. The lowest BCUT2D eigenvalue weighted by atomic mass is 10.3. The van der Waals surface area contributed by atoms with Crippen molar-refractivity contribution in [1.82, 2.24) is 4.98 Å². The number of ether oxygens (including phenoxy) is 1. The number of hydrogen-bond acceptors (Lipinski definition) is 3. The lowest BCUT2D eigenvalue weighted by Gasteiger charge is -2.06. The molecule has 1 N–H and O–H groups in total. The van der Waals surface area contributed by atoms with Gasteiger partial charge in [0.15, 0.2) is 11.6 Å². The van der Waals surface area contributed by atoms with Gasteiger partial charge in [-0.05, 0) is 25.0 Å². The molecule has 0 aliphatic carbocycles. The van der Waals surface area contributed by atoms with Crippen molar-refractivity contribution in [2.24, 2.45) is 0 Å². The summed E-state index contributed by atoms with van der Waals surface area (Å²) in [6.07, 6.45) is 2.88. The van der Waals surface area contributed by atoms with Gasteiger partial charge in [0, 0.05) is 12.7 Å². The van der Waals surface area contributed by atoms with Gasteiger partial charge >= 0.3 is 0 Å². The van der Waals surface area contributed by atoms with Gasteiger partial charge in [-0.2, -0.15) is 0 Å². The summed E-state index contributed by atoms with van der Waals surface area (Å²) in [5, 5.41) is 3.22. The van der Waals surface area contributed by atoms with Crippen LogP contribution in [-0.2, 0) is 0 Å². The summed E-state index contributed by atoms with van der Waals surface area (Å²) in [4.78, 5) is 4.24. The highest BCUT2D eigenvalue weighted by Crippen LogP contribution is 2.24. The number of rotatable bonds is 0. The fourth-order valence-corrected chi connectivity index (χ4v) is 1.25. The van der Waals surface area contributed by atoms with Crippen LogP contribution in [0.5, 0.6) is 5.75 Å². The first-order valence-electron chi connectivity index (χ1n) is 4.19. The van der Waals surface area contributed by atoms with Crippen molar-refractivity contribution >= 4 is 5.82 Å². The monoisotopic (exact) mass is 164 g/mol. The molecule has 12 heavy (non-hydrogen) atoms. The van der Waals surface area contributed by atoms with Crippen LogP contribution in [0.2, 0.25) is 0 Å². The number of aryl methyl sites for hydroxylation is 1. The van der Waals surface area contributed by atoms with Gasteiger partial charge in [-0.3, -0.25) is 0 Å². The molecular formula is C9H12N2O. The fraction of sp³-hybridized carbons (Fsp3) is 0.444. The Balaban J connectivity index is 2.36. The largest absolute Gasteiger partial charge is 0.490 e. The standard InChI is InChI=1S/C9H12N2O/c1-7-5-8-9(11-6-7)10-3-2-4-12-8/h5-6H,2-4H2,1H3,(H,10,11). The Morgan fingerprint density at radius 1 is 1.58 bits per heavy atom. The Bertz CT molecular complexity index is 286. The maximum Gasteiger partial charge on any atom is 0.168 e. The average Bonchev–Trinajstić information content (AvgIpc) is 2.28. The smallest absolute Gasteiger partial charge is 0.168 e. The van der Waals surface area contributed by atoms with Crippen molar-refractivity contribution in [1.29, 1.82) is 0 Å². The molecule has 0 unspecified atom stereocenters. The molecule has 0 saturated carbocycles. The van der Waals surface area contributed by atoms with E-state index in [-0.39, 0.29) is 0 Å². The Kier molecular flexibility index (Phi) is 1.86. The Labute approximate surface area is 71.8 Å². The minimum atomic E-state index is 0.783. The zero-order valence-electron chi connectivity index (χ0n) is 7.13. The second-order valence-corrected chi connectivity index (χ2v) is 2.99. The second-order valence-electron chi connectivity index (χ2n) is 2.99. The zero-order chi connectivity index (χ0) is 8.39.